The number of carbonyl (C=O) groups excluding carboxylic acids is 2. The molecule has 14 heavy (non-hydrogen) atoms. The van der Waals surface area contributed by atoms with Gasteiger partial charge in [0, 0.05) is 6.54 Å². The van der Waals surface area contributed by atoms with E-state index in [2.05, 4.69) is 0 Å². The molecular formula is C9H14ClNO3. The average Bonchev–Trinajstić information content (AvgIpc) is 2.65. The van der Waals surface area contributed by atoms with Crippen molar-refractivity contribution >= 4 is 23.5 Å². The molecule has 1 atom stereocenters. The minimum absolute atomic E-state index is 0.0411. The first-order chi connectivity index (χ1) is 6.70. The third-order valence-corrected chi connectivity index (χ3v) is 2.52. The number of alkyl halides is 1. The highest BCUT2D eigenvalue weighted by atomic mass is 35.5. The number of ether oxygens (including phenoxy) is 1. The monoisotopic (exact) mass is 219 g/mol. The Balaban J connectivity index is 2.59. The Hall–Kier alpha value is -0.770. The molecule has 0 spiro atoms. The van der Waals surface area contributed by atoms with Crippen LogP contribution in [0, 0.1) is 0 Å². The van der Waals surface area contributed by atoms with E-state index in [0.717, 1.165) is 6.42 Å². The molecule has 0 aromatic heterocycles. The van der Waals surface area contributed by atoms with E-state index in [0.29, 0.717) is 19.6 Å². The normalized spacial score (nSPS) is 21.0. The van der Waals surface area contributed by atoms with Crippen molar-refractivity contribution in [3.8, 4) is 0 Å². The fraction of sp³-hybridized carbons (Fsp3) is 0.778. The van der Waals surface area contributed by atoms with Crippen LogP contribution in [0.25, 0.3) is 0 Å². The first-order valence-corrected chi connectivity index (χ1v) is 5.26. The molecule has 0 aromatic carbocycles. The Morgan fingerprint density at radius 1 is 1.57 bits per heavy atom. The van der Waals surface area contributed by atoms with E-state index >= 15 is 0 Å². The molecule has 1 amide bonds. The number of nitrogens with zero attached hydrogens (tertiary/aromatic N) is 1. The molecule has 0 aromatic rings. The standard InChI is InChI=1S/C9H14ClNO3/c1-2-14-9(13)11-5-3-4-7(11)8(12)6-10/h7H,2-6H2,1H3/t7-/m0/s1. The van der Waals surface area contributed by atoms with E-state index < -0.39 is 6.09 Å². The predicted octanol–water partition coefficient (Wildman–Crippen LogP) is 1.42. The Labute approximate surface area is 88.2 Å². The van der Waals surface area contributed by atoms with E-state index in [-0.39, 0.29) is 17.7 Å². The number of halogens is 1. The summed E-state index contributed by atoms with van der Waals surface area (Å²) in [5, 5.41) is 0. The third kappa shape index (κ3) is 2.38. The van der Waals surface area contributed by atoms with Crippen LogP contribution in [0.5, 0.6) is 0 Å². The number of Topliss-reactive ketones (excluding diaryl/α,β-unsaturated/α-hetero) is 1. The maximum absolute atomic E-state index is 11.4. The SMILES string of the molecule is CCOC(=O)N1CCC[C@H]1C(=O)CCl. The van der Waals surface area contributed by atoms with Crippen LogP contribution < -0.4 is 0 Å². The molecule has 80 valence electrons. The van der Waals surface area contributed by atoms with Gasteiger partial charge in [-0.15, -0.1) is 11.6 Å². The Bertz CT molecular complexity index is 232. The number of hydrogen-bond acceptors (Lipinski definition) is 3. The largest absolute Gasteiger partial charge is 0.450 e. The summed E-state index contributed by atoms with van der Waals surface area (Å²) < 4.78 is 4.84. The van der Waals surface area contributed by atoms with Crippen LogP contribution in [0.2, 0.25) is 0 Å². The van der Waals surface area contributed by atoms with Crippen molar-refractivity contribution in [3.05, 3.63) is 0 Å². The van der Waals surface area contributed by atoms with Gasteiger partial charge < -0.3 is 4.74 Å². The summed E-state index contributed by atoms with van der Waals surface area (Å²) in [4.78, 5) is 24.2. The molecule has 0 saturated carbocycles. The van der Waals surface area contributed by atoms with Gasteiger partial charge in [0.15, 0.2) is 5.78 Å². The zero-order chi connectivity index (χ0) is 10.6. The molecule has 0 N–H and O–H groups in total. The maximum Gasteiger partial charge on any atom is 0.410 e. The van der Waals surface area contributed by atoms with Gasteiger partial charge in [0.05, 0.1) is 18.5 Å². The molecule has 1 aliphatic heterocycles. The molecule has 1 fully saturated rings. The van der Waals surface area contributed by atoms with Crippen LogP contribution in [0.4, 0.5) is 4.79 Å². The molecule has 5 heteroatoms. The first-order valence-electron chi connectivity index (χ1n) is 4.72. The molecule has 0 bridgehead atoms. The number of carbonyl (C=O) groups is 2. The minimum Gasteiger partial charge on any atom is -0.450 e. The highest BCUT2D eigenvalue weighted by Crippen LogP contribution is 2.19. The summed E-state index contributed by atoms with van der Waals surface area (Å²) in [6.45, 7) is 2.66. The second kappa shape index (κ2) is 5.20. The minimum atomic E-state index is -0.409. The molecule has 0 radical (unpaired) electrons. The lowest BCUT2D eigenvalue weighted by atomic mass is 10.1. The molecule has 4 nitrogen and oxygen atoms in total. The summed E-state index contributed by atoms with van der Waals surface area (Å²) in [6.07, 6.45) is 1.13. The Morgan fingerprint density at radius 2 is 2.29 bits per heavy atom. The van der Waals surface area contributed by atoms with Crippen molar-refractivity contribution in [1.29, 1.82) is 0 Å². The van der Waals surface area contributed by atoms with Gasteiger partial charge in [-0.3, -0.25) is 9.69 Å². The molecule has 1 heterocycles. The molecular weight excluding hydrogens is 206 g/mol. The molecule has 0 aliphatic carbocycles. The van der Waals surface area contributed by atoms with Gasteiger partial charge in [-0.05, 0) is 19.8 Å². The number of rotatable bonds is 3. The van der Waals surface area contributed by atoms with Crippen molar-refractivity contribution < 1.29 is 14.3 Å². The second-order valence-electron chi connectivity index (χ2n) is 3.15. The number of ketones is 1. The Morgan fingerprint density at radius 3 is 2.86 bits per heavy atom. The van der Waals surface area contributed by atoms with Crippen LogP contribution in [-0.2, 0) is 9.53 Å². The van der Waals surface area contributed by atoms with Crippen molar-refractivity contribution in [1.82, 2.24) is 4.90 Å². The van der Waals surface area contributed by atoms with Crippen molar-refractivity contribution in [2.75, 3.05) is 19.0 Å². The fourth-order valence-electron chi connectivity index (χ4n) is 1.62. The van der Waals surface area contributed by atoms with Crippen molar-refractivity contribution in [2.24, 2.45) is 0 Å². The van der Waals surface area contributed by atoms with Crippen LogP contribution in [0.3, 0.4) is 0 Å². The highest BCUT2D eigenvalue weighted by Gasteiger charge is 2.33. The van der Waals surface area contributed by atoms with E-state index in [1.165, 1.54) is 4.90 Å². The lowest BCUT2D eigenvalue weighted by Gasteiger charge is -2.21. The number of likely N-dealkylation sites (tertiary alicyclic amines) is 1. The van der Waals surface area contributed by atoms with Crippen LogP contribution >= 0.6 is 11.6 Å². The second-order valence-corrected chi connectivity index (χ2v) is 3.42. The smallest absolute Gasteiger partial charge is 0.410 e. The summed E-state index contributed by atoms with van der Waals surface area (Å²) in [5.74, 6) is -0.141. The lowest BCUT2D eigenvalue weighted by molar-refractivity contribution is -0.120. The summed E-state index contributed by atoms with van der Waals surface area (Å²) in [7, 11) is 0. The molecule has 1 saturated heterocycles. The topological polar surface area (TPSA) is 46.6 Å². The van der Waals surface area contributed by atoms with Gasteiger partial charge >= 0.3 is 6.09 Å². The molecule has 1 aliphatic rings. The van der Waals surface area contributed by atoms with Crippen LogP contribution in [0.15, 0.2) is 0 Å². The average molecular weight is 220 g/mol. The van der Waals surface area contributed by atoms with Gasteiger partial charge in [0.2, 0.25) is 0 Å². The third-order valence-electron chi connectivity index (χ3n) is 2.26. The van der Waals surface area contributed by atoms with E-state index in [1.54, 1.807) is 6.92 Å². The quantitative estimate of drug-likeness (QED) is 0.675. The number of amides is 1. The Kier molecular flexibility index (Phi) is 4.20. The van der Waals surface area contributed by atoms with Gasteiger partial charge in [-0.25, -0.2) is 4.79 Å². The molecule has 1 rings (SSSR count). The van der Waals surface area contributed by atoms with Gasteiger partial charge in [0.25, 0.3) is 0 Å². The zero-order valence-electron chi connectivity index (χ0n) is 8.16. The van der Waals surface area contributed by atoms with E-state index in [9.17, 15) is 9.59 Å². The fourth-order valence-corrected chi connectivity index (χ4v) is 1.79. The maximum atomic E-state index is 11.4. The highest BCUT2D eigenvalue weighted by molar-refractivity contribution is 6.28. The summed E-state index contributed by atoms with van der Waals surface area (Å²) in [6, 6.07) is -0.369. The van der Waals surface area contributed by atoms with Gasteiger partial charge in [0.1, 0.15) is 0 Å². The lowest BCUT2D eigenvalue weighted by Crippen LogP contribution is -2.41. The number of hydrogen-bond donors (Lipinski definition) is 0. The predicted molar refractivity (Wildman–Crippen MR) is 52.5 cm³/mol. The van der Waals surface area contributed by atoms with Gasteiger partial charge in [-0.1, -0.05) is 0 Å². The first kappa shape index (κ1) is 11.3. The summed E-state index contributed by atoms with van der Waals surface area (Å²) in [5.41, 5.74) is 0. The summed E-state index contributed by atoms with van der Waals surface area (Å²) >= 11 is 5.45. The van der Waals surface area contributed by atoms with E-state index in [1.807, 2.05) is 0 Å². The van der Waals surface area contributed by atoms with Crippen molar-refractivity contribution in [2.45, 2.75) is 25.8 Å². The van der Waals surface area contributed by atoms with Crippen LogP contribution in [0.1, 0.15) is 19.8 Å². The van der Waals surface area contributed by atoms with E-state index in [4.69, 9.17) is 16.3 Å². The zero-order valence-corrected chi connectivity index (χ0v) is 8.92. The van der Waals surface area contributed by atoms with Gasteiger partial charge in [-0.2, -0.15) is 0 Å². The molecule has 0 unspecified atom stereocenters. The van der Waals surface area contributed by atoms with Crippen LogP contribution in [-0.4, -0.2) is 41.8 Å². The van der Waals surface area contributed by atoms with Crippen molar-refractivity contribution in [3.63, 3.8) is 0 Å².